The highest BCUT2D eigenvalue weighted by Crippen LogP contribution is 2.25. The maximum Gasteiger partial charge on any atom is 0.339 e. The van der Waals surface area contributed by atoms with Gasteiger partial charge >= 0.3 is 15.7 Å². The molecule has 0 fully saturated rings. The van der Waals surface area contributed by atoms with Crippen molar-refractivity contribution in [2.45, 2.75) is 11.8 Å². The van der Waals surface area contributed by atoms with Crippen LogP contribution < -0.4 is 9.81 Å². The fraction of sp³-hybridized carbons (Fsp3) is 0.0625. The first-order valence-electron chi connectivity index (χ1n) is 7.00. The predicted molar refractivity (Wildman–Crippen MR) is 88.1 cm³/mol. The molecule has 0 aliphatic rings. The average molecular weight is 361 g/mol. The van der Waals surface area contributed by atoms with Crippen molar-refractivity contribution < 1.29 is 21.9 Å². The number of non-ortho nitro benzene ring substituents is 1. The van der Waals surface area contributed by atoms with Crippen molar-refractivity contribution in [2.75, 3.05) is 0 Å². The molecule has 9 heteroatoms. The molecule has 0 amide bonds. The van der Waals surface area contributed by atoms with Crippen molar-refractivity contribution in [1.29, 1.82) is 0 Å². The molecular formula is C16H11NO7S. The Hall–Kier alpha value is -3.20. The lowest BCUT2D eigenvalue weighted by Crippen LogP contribution is -2.10. The second kappa shape index (κ2) is 6.02. The van der Waals surface area contributed by atoms with Crippen molar-refractivity contribution in [1.82, 2.24) is 0 Å². The number of nitro groups is 1. The lowest BCUT2D eigenvalue weighted by Gasteiger charge is -2.08. The van der Waals surface area contributed by atoms with Crippen molar-refractivity contribution in [3.8, 4) is 5.75 Å². The molecule has 0 spiro atoms. The number of benzene rings is 2. The number of hydrogen-bond acceptors (Lipinski definition) is 7. The van der Waals surface area contributed by atoms with E-state index in [1.54, 1.807) is 13.0 Å². The largest absolute Gasteiger partial charge is 0.423 e. The maximum absolute atomic E-state index is 12.3. The van der Waals surface area contributed by atoms with E-state index in [-0.39, 0.29) is 21.9 Å². The van der Waals surface area contributed by atoms with E-state index in [4.69, 9.17) is 8.60 Å². The number of nitro benzene ring substituents is 1. The molecule has 2 aromatic carbocycles. The van der Waals surface area contributed by atoms with Gasteiger partial charge < -0.3 is 8.60 Å². The lowest BCUT2D eigenvalue weighted by molar-refractivity contribution is -0.384. The molecule has 1 aromatic heterocycles. The van der Waals surface area contributed by atoms with Gasteiger partial charge in [-0.05, 0) is 36.8 Å². The van der Waals surface area contributed by atoms with Crippen LogP contribution in [-0.4, -0.2) is 13.3 Å². The molecule has 1 heterocycles. The average Bonchev–Trinajstić information content (AvgIpc) is 2.54. The Bertz CT molecular complexity index is 1130. The molecule has 0 aliphatic heterocycles. The van der Waals surface area contributed by atoms with Crippen molar-refractivity contribution in [3.05, 3.63) is 74.6 Å². The molecule has 128 valence electrons. The molecule has 25 heavy (non-hydrogen) atoms. The van der Waals surface area contributed by atoms with E-state index in [2.05, 4.69) is 0 Å². The summed E-state index contributed by atoms with van der Waals surface area (Å²) < 4.78 is 34.6. The highest BCUT2D eigenvalue weighted by Gasteiger charge is 2.19. The minimum atomic E-state index is -4.19. The van der Waals surface area contributed by atoms with Crippen molar-refractivity contribution >= 4 is 26.8 Å². The fourth-order valence-electron chi connectivity index (χ4n) is 2.27. The van der Waals surface area contributed by atoms with Gasteiger partial charge in [0.1, 0.15) is 16.2 Å². The summed E-state index contributed by atoms with van der Waals surface area (Å²) in [6.45, 7) is 1.73. The summed E-state index contributed by atoms with van der Waals surface area (Å²) >= 11 is 0. The van der Waals surface area contributed by atoms with Crippen LogP contribution in [-0.2, 0) is 10.1 Å². The van der Waals surface area contributed by atoms with Gasteiger partial charge in [-0.25, -0.2) is 4.79 Å². The third kappa shape index (κ3) is 3.36. The quantitative estimate of drug-likeness (QED) is 0.303. The first-order valence-corrected chi connectivity index (χ1v) is 8.40. The van der Waals surface area contributed by atoms with E-state index in [1.165, 1.54) is 18.2 Å². The predicted octanol–water partition coefficient (Wildman–Crippen LogP) is 2.78. The molecule has 0 N–H and O–H groups in total. The van der Waals surface area contributed by atoms with Crippen LogP contribution in [0.15, 0.2) is 62.6 Å². The number of hydrogen-bond donors (Lipinski definition) is 0. The van der Waals surface area contributed by atoms with Gasteiger partial charge in [-0.2, -0.15) is 8.42 Å². The molecule has 0 saturated carbocycles. The molecule has 0 saturated heterocycles. The van der Waals surface area contributed by atoms with Crippen LogP contribution in [0.25, 0.3) is 11.0 Å². The fourth-order valence-corrected chi connectivity index (χ4v) is 3.19. The van der Waals surface area contributed by atoms with E-state index >= 15 is 0 Å². The number of nitrogens with zero attached hydrogens (tertiary/aromatic N) is 1. The highest BCUT2D eigenvalue weighted by atomic mass is 32.2. The Labute approximate surface area is 141 Å². The summed E-state index contributed by atoms with van der Waals surface area (Å²) in [5.74, 6) is -0.0420. The van der Waals surface area contributed by atoms with E-state index < -0.39 is 20.7 Å². The number of aryl methyl sites for hydroxylation is 1. The van der Waals surface area contributed by atoms with Crippen LogP contribution in [0.3, 0.4) is 0 Å². The normalized spacial score (nSPS) is 11.4. The molecule has 3 rings (SSSR count). The Morgan fingerprint density at radius 1 is 1.08 bits per heavy atom. The van der Waals surface area contributed by atoms with Crippen LogP contribution in [0.1, 0.15) is 5.56 Å². The van der Waals surface area contributed by atoms with Gasteiger partial charge in [-0.1, -0.05) is 0 Å². The molecule has 0 bridgehead atoms. The van der Waals surface area contributed by atoms with Gasteiger partial charge in [0, 0.05) is 29.7 Å². The first kappa shape index (κ1) is 16.7. The van der Waals surface area contributed by atoms with Gasteiger partial charge in [-0.15, -0.1) is 0 Å². The SMILES string of the molecule is Cc1cc(=O)oc2cc(OS(=O)(=O)c3ccc([N+](=O)[O-])cc3)ccc12. The van der Waals surface area contributed by atoms with Gasteiger partial charge in [0.15, 0.2) is 0 Å². The summed E-state index contributed by atoms with van der Waals surface area (Å²) in [6, 6.07) is 9.94. The van der Waals surface area contributed by atoms with Gasteiger partial charge in [-0.3, -0.25) is 10.1 Å². The minimum absolute atomic E-state index is 0.0420. The summed E-state index contributed by atoms with van der Waals surface area (Å²) in [5.41, 5.74) is 0.0970. The van der Waals surface area contributed by atoms with Gasteiger partial charge in [0.2, 0.25) is 0 Å². The Morgan fingerprint density at radius 3 is 2.40 bits per heavy atom. The second-order valence-electron chi connectivity index (χ2n) is 5.19. The monoisotopic (exact) mass is 361 g/mol. The zero-order valence-corrected chi connectivity index (χ0v) is 13.6. The Balaban J connectivity index is 1.96. The summed E-state index contributed by atoms with van der Waals surface area (Å²) in [5, 5.41) is 11.3. The third-order valence-electron chi connectivity index (χ3n) is 3.46. The third-order valence-corrected chi connectivity index (χ3v) is 4.73. The molecule has 8 nitrogen and oxygen atoms in total. The van der Waals surface area contributed by atoms with Crippen LogP contribution in [0, 0.1) is 17.0 Å². The zero-order valence-electron chi connectivity index (χ0n) is 12.8. The topological polar surface area (TPSA) is 117 Å². The van der Waals surface area contributed by atoms with Crippen LogP contribution in [0.4, 0.5) is 5.69 Å². The van der Waals surface area contributed by atoms with E-state index in [0.29, 0.717) is 10.9 Å². The Kier molecular flexibility index (Phi) is 4.01. The number of fused-ring (bicyclic) bond motifs is 1. The smallest absolute Gasteiger partial charge is 0.339 e. The minimum Gasteiger partial charge on any atom is -0.423 e. The molecule has 0 unspecified atom stereocenters. The van der Waals surface area contributed by atoms with E-state index in [0.717, 1.165) is 24.3 Å². The second-order valence-corrected chi connectivity index (χ2v) is 6.74. The van der Waals surface area contributed by atoms with E-state index in [9.17, 15) is 23.3 Å². The van der Waals surface area contributed by atoms with Crippen molar-refractivity contribution in [3.63, 3.8) is 0 Å². The molecule has 0 atom stereocenters. The highest BCUT2D eigenvalue weighted by molar-refractivity contribution is 7.87. The standard InChI is InChI=1S/C16H11NO7S/c1-10-8-16(18)23-15-9-12(4-7-14(10)15)24-25(21,22)13-5-2-11(3-6-13)17(19)20/h2-9H,1H3. The first-order chi connectivity index (χ1) is 11.8. The number of rotatable bonds is 4. The summed E-state index contributed by atoms with van der Waals surface area (Å²) in [6.07, 6.45) is 0. The molecule has 0 aliphatic carbocycles. The van der Waals surface area contributed by atoms with E-state index in [1.807, 2.05) is 0 Å². The molecule has 0 radical (unpaired) electrons. The maximum atomic E-state index is 12.3. The zero-order chi connectivity index (χ0) is 18.2. The lowest BCUT2D eigenvalue weighted by atomic mass is 10.1. The van der Waals surface area contributed by atoms with Crippen LogP contribution >= 0.6 is 0 Å². The summed E-state index contributed by atoms with van der Waals surface area (Å²) in [4.78, 5) is 21.2. The Morgan fingerprint density at radius 2 is 1.76 bits per heavy atom. The molecule has 3 aromatic rings. The summed E-state index contributed by atoms with van der Waals surface area (Å²) in [7, 11) is -4.19. The van der Waals surface area contributed by atoms with Crippen molar-refractivity contribution in [2.24, 2.45) is 0 Å². The van der Waals surface area contributed by atoms with Crippen LogP contribution in [0.2, 0.25) is 0 Å². The van der Waals surface area contributed by atoms with Gasteiger partial charge in [0.25, 0.3) is 5.69 Å². The van der Waals surface area contributed by atoms with Crippen LogP contribution in [0.5, 0.6) is 5.75 Å². The van der Waals surface area contributed by atoms with Gasteiger partial charge in [0.05, 0.1) is 4.92 Å². The molecular weight excluding hydrogens is 350 g/mol.